The smallest absolute Gasteiger partial charge is 0.260 e. The van der Waals surface area contributed by atoms with Crippen LogP contribution in [0.5, 0.6) is 17.2 Å². The Morgan fingerprint density at radius 1 is 0.940 bits per heavy atom. The van der Waals surface area contributed by atoms with E-state index >= 15 is 4.79 Å². The lowest BCUT2D eigenvalue weighted by molar-refractivity contribution is -0.141. The van der Waals surface area contributed by atoms with Gasteiger partial charge in [0.15, 0.2) is 11.5 Å². The number of allylic oxidation sites excluding steroid dienone is 2. The third-order valence-corrected chi connectivity index (χ3v) is 11.3. The van der Waals surface area contributed by atoms with Gasteiger partial charge in [0.1, 0.15) is 5.75 Å². The van der Waals surface area contributed by atoms with E-state index in [2.05, 4.69) is 5.43 Å². The second-order valence-corrected chi connectivity index (χ2v) is 14.0. The van der Waals surface area contributed by atoms with Crippen LogP contribution in [0.25, 0.3) is 0 Å². The Bertz CT molecular complexity index is 1930. The van der Waals surface area contributed by atoms with Crippen LogP contribution >= 0.6 is 23.2 Å². The highest BCUT2D eigenvalue weighted by Gasteiger charge is 2.70. The Kier molecular flexibility index (Phi) is 8.80. The molecular weight excluding hydrogens is 681 g/mol. The van der Waals surface area contributed by atoms with Crippen molar-refractivity contribution in [2.45, 2.75) is 44.4 Å². The van der Waals surface area contributed by atoms with Crippen molar-refractivity contribution >= 4 is 52.5 Å². The SMILES string of the molecule is CCCN1C(=O)[C@H]2[C@H](CC=C3[C@H]2C[C@H]2C(=O)N(Nc4ccc(Cl)cc4Cl)C(=O)[C@@]2(c2ccc(OC)cc2)[C@H]3c2ccc(O)c(OCC)c2)C1=O. The summed E-state index contributed by atoms with van der Waals surface area (Å²) in [5, 5.41) is 12.4. The molecule has 4 amide bonds. The van der Waals surface area contributed by atoms with E-state index in [4.69, 9.17) is 32.7 Å². The van der Waals surface area contributed by atoms with E-state index in [-0.39, 0.29) is 41.4 Å². The van der Waals surface area contributed by atoms with E-state index in [0.717, 1.165) is 10.6 Å². The second-order valence-electron chi connectivity index (χ2n) is 13.2. The number of rotatable bonds is 9. The second kappa shape index (κ2) is 13.0. The number of aromatic hydroxyl groups is 1. The molecule has 50 heavy (non-hydrogen) atoms. The van der Waals surface area contributed by atoms with Gasteiger partial charge in [-0.2, -0.15) is 5.01 Å². The highest BCUT2D eigenvalue weighted by molar-refractivity contribution is 6.36. The molecule has 3 aromatic rings. The number of hydrazine groups is 1. The van der Waals surface area contributed by atoms with Crippen molar-refractivity contribution in [3.05, 3.63) is 93.5 Å². The number of nitrogens with one attached hydrogen (secondary N) is 1. The van der Waals surface area contributed by atoms with Crippen LogP contribution in [0.3, 0.4) is 0 Å². The van der Waals surface area contributed by atoms with Gasteiger partial charge in [-0.3, -0.25) is 29.5 Å². The predicted octanol–water partition coefficient (Wildman–Crippen LogP) is 6.50. The normalized spacial score (nSPS) is 27.1. The van der Waals surface area contributed by atoms with Gasteiger partial charge < -0.3 is 14.6 Å². The summed E-state index contributed by atoms with van der Waals surface area (Å²) in [6.07, 6.45) is 3.10. The molecule has 12 heteroatoms. The number of imide groups is 2. The lowest BCUT2D eigenvalue weighted by atomic mass is 9.49. The summed E-state index contributed by atoms with van der Waals surface area (Å²) in [4.78, 5) is 59.1. The number of hydrogen-bond donors (Lipinski definition) is 2. The van der Waals surface area contributed by atoms with Crippen molar-refractivity contribution in [1.82, 2.24) is 9.91 Å². The minimum atomic E-state index is -1.51. The van der Waals surface area contributed by atoms with E-state index < -0.39 is 46.8 Å². The fourth-order valence-corrected chi connectivity index (χ4v) is 9.16. The van der Waals surface area contributed by atoms with E-state index in [1.165, 1.54) is 17.0 Å². The van der Waals surface area contributed by atoms with Crippen LogP contribution in [0.15, 0.2) is 72.3 Å². The molecule has 10 nitrogen and oxygen atoms in total. The molecule has 2 heterocycles. The lowest BCUT2D eigenvalue weighted by Gasteiger charge is -2.50. The molecule has 0 spiro atoms. The van der Waals surface area contributed by atoms with Gasteiger partial charge >= 0.3 is 0 Å². The minimum absolute atomic E-state index is 0.0723. The molecule has 4 aliphatic rings. The zero-order valence-corrected chi connectivity index (χ0v) is 29.3. The van der Waals surface area contributed by atoms with Crippen molar-refractivity contribution in [3.63, 3.8) is 0 Å². The first kappa shape index (κ1) is 33.9. The number of phenols is 1. The number of hydrogen-bond acceptors (Lipinski definition) is 8. The van der Waals surface area contributed by atoms with Crippen molar-refractivity contribution < 1.29 is 33.8 Å². The number of amides is 4. The fourth-order valence-electron chi connectivity index (χ4n) is 8.71. The van der Waals surface area contributed by atoms with Gasteiger partial charge in [0, 0.05) is 17.5 Å². The van der Waals surface area contributed by atoms with E-state index in [1.807, 2.05) is 13.0 Å². The maximum Gasteiger partial charge on any atom is 0.260 e. The van der Waals surface area contributed by atoms with Crippen LogP contribution in [0.1, 0.15) is 50.2 Å². The molecular formula is C38H37Cl2N3O7. The Labute approximate surface area is 299 Å². The number of methoxy groups -OCH3 is 1. The fraction of sp³-hybridized carbons (Fsp3) is 0.368. The van der Waals surface area contributed by atoms with Crippen LogP contribution in [0.4, 0.5) is 5.69 Å². The summed E-state index contributed by atoms with van der Waals surface area (Å²) in [7, 11) is 1.55. The quantitative estimate of drug-likeness (QED) is 0.190. The number of halogens is 2. The van der Waals surface area contributed by atoms with Gasteiger partial charge in [0.25, 0.3) is 11.8 Å². The zero-order chi connectivity index (χ0) is 35.5. The average molecular weight is 719 g/mol. The summed E-state index contributed by atoms with van der Waals surface area (Å²) in [5.74, 6) is -4.19. The van der Waals surface area contributed by atoms with Crippen LogP contribution in [0, 0.1) is 23.7 Å². The first-order chi connectivity index (χ1) is 24.1. The summed E-state index contributed by atoms with van der Waals surface area (Å²) < 4.78 is 11.3. The Morgan fingerprint density at radius 3 is 2.38 bits per heavy atom. The number of likely N-dealkylation sites (tertiary alicyclic amines) is 1. The first-order valence-corrected chi connectivity index (χ1v) is 17.6. The van der Waals surface area contributed by atoms with Crippen LogP contribution in [0.2, 0.25) is 10.0 Å². The zero-order valence-electron chi connectivity index (χ0n) is 27.8. The van der Waals surface area contributed by atoms with E-state index in [9.17, 15) is 19.5 Å². The largest absolute Gasteiger partial charge is 0.504 e. The van der Waals surface area contributed by atoms with Crippen LogP contribution < -0.4 is 14.9 Å². The van der Waals surface area contributed by atoms with E-state index in [0.29, 0.717) is 47.0 Å². The molecule has 7 rings (SSSR count). The molecule has 3 fully saturated rings. The number of ether oxygens (including phenoxy) is 2. The molecule has 260 valence electrons. The maximum atomic E-state index is 15.3. The highest BCUT2D eigenvalue weighted by Crippen LogP contribution is 2.64. The Hall–Kier alpha value is -4.54. The maximum absolute atomic E-state index is 15.3. The molecule has 2 aliphatic heterocycles. The van der Waals surface area contributed by atoms with E-state index in [1.54, 1.807) is 62.6 Å². The standard InChI is InChI=1S/C38H37Cl2N3O7/c1-4-16-42-34(45)25-13-12-24-26(32(25)36(42)47)19-27-35(46)43(41-29-14-9-22(39)18-28(29)40)37(48)38(27,21-7-10-23(49-3)11-8-21)33(24)20-6-15-30(44)31(17-20)50-5-2/h6-12,14-15,17-18,25-27,32-33,41,44H,4-5,13,16,19H2,1-3H3/t25-,26+,27-,32-,33-,38+/m0/s1. The number of anilines is 1. The molecule has 2 aliphatic carbocycles. The number of nitrogens with zero attached hydrogens (tertiary/aromatic N) is 2. The molecule has 3 aromatic carbocycles. The molecule has 2 saturated heterocycles. The molecule has 0 aromatic heterocycles. The van der Waals surface area contributed by atoms with Crippen LogP contribution in [-0.2, 0) is 24.6 Å². The Balaban J connectivity index is 1.47. The van der Waals surface area contributed by atoms with Gasteiger partial charge in [0.05, 0.1) is 47.6 Å². The lowest BCUT2D eigenvalue weighted by Crippen LogP contribution is -2.53. The Morgan fingerprint density at radius 2 is 1.70 bits per heavy atom. The molecule has 0 bridgehead atoms. The number of carbonyl (C=O) groups is 4. The molecule has 1 saturated carbocycles. The van der Waals surface area contributed by atoms with Gasteiger partial charge in [-0.1, -0.05) is 60.0 Å². The van der Waals surface area contributed by atoms with Crippen molar-refractivity contribution in [2.24, 2.45) is 23.7 Å². The average Bonchev–Trinajstić information content (AvgIpc) is 3.48. The number of fused-ring (bicyclic) bond motifs is 4. The topological polar surface area (TPSA) is 125 Å². The summed E-state index contributed by atoms with van der Waals surface area (Å²) in [6.45, 7) is 4.33. The molecule has 2 N–H and O–H groups in total. The van der Waals surface area contributed by atoms with Gasteiger partial charge in [-0.25, -0.2) is 0 Å². The van der Waals surface area contributed by atoms with Crippen LogP contribution in [-0.4, -0.2) is 58.9 Å². The number of benzene rings is 3. The molecule has 0 radical (unpaired) electrons. The minimum Gasteiger partial charge on any atom is -0.504 e. The third kappa shape index (κ3) is 5.06. The summed E-state index contributed by atoms with van der Waals surface area (Å²) in [5.41, 5.74) is 3.79. The molecule has 0 unspecified atom stereocenters. The predicted molar refractivity (Wildman–Crippen MR) is 187 cm³/mol. The monoisotopic (exact) mass is 717 g/mol. The van der Waals surface area contributed by atoms with Gasteiger partial charge in [-0.05, 0) is 85.7 Å². The molecule has 6 atom stereocenters. The third-order valence-electron chi connectivity index (χ3n) is 10.7. The highest BCUT2D eigenvalue weighted by atomic mass is 35.5. The van der Waals surface area contributed by atoms with Crippen molar-refractivity contribution in [3.8, 4) is 17.2 Å². The first-order valence-electron chi connectivity index (χ1n) is 16.8. The number of carbonyl (C=O) groups excluding carboxylic acids is 4. The van der Waals surface area contributed by atoms with Gasteiger partial charge in [-0.15, -0.1) is 0 Å². The van der Waals surface area contributed by atoms with Crippen molar-refractivity contribution in [1.29, 1.82) is 0 Å². The summed E-state index contributed by atoms with van der Waals surface area (Å²) >= 11 is 12.7. The number of phenolic OH excluding ortho intramolecular Hbond substituents is 1. The van der Waals surface area contributed by atoms with Gasteiger partial charge in [0.2, 0.25) is 11.8 Å². The van der Waals surface area contributed by atoms with Crippen molar-refractivity contribution in [2.75, 3.05) is 25.7 Å². The summed E-state index contributed by atoms with van der Waals surface area (Å²) in [6, 6.07) is 16.8.